The first-order valence-electron chi connectivity index (χ1n) is 3.09. The van der Waals surface area contributed by atoms with Crippen LogP contribution in [0.5, 0.6) is 0 Å². The third-order valence-electron chi connectivity index (χ3n) is 2.63. The van der Waals surface area contributed by atoms with Crippen molar-refractivity contribution in [3.05, 3.63) is 0 Å². The van der Waals surface area contributed by atoms with Crippen molar-refractivity contribution in [2.45, 2.75) is 31.7 Å². The highest BCUT2D eigenvalue weighted by Crippen LogP contribution is 2.59. The molecule has 0 aromatic heterocycles. The number of rotatable bonds is 0. The maximum absolute atomic E-state index is 5.72. The fourth-order valence-electron chi connectivity index (χ4n) is 1.50. The average Bonchev–Trinajstić information content (AvgIpc) is 2.40. The fourth-order valence-corrected chi connectivity index (χ4v) is 1.50. The highest BCUT2D eigenvalue weighted by atomic mass is 14.8. The Morgan fingerprint density at radius 2 is 2.00 bits per heavy atom. The second kappa shape index (κ2) is 0.873. The van der Waals surface area contributed by atoms with Gasteiger partial charge in [-0.25, -0.2) is 0 Å². The third kappa shape index (κ3) is 0.325. The van der Waals surface area contributed by atoms with Crippen molar-refractivity contribution >= 4 is 0 Å². The summed E-state index contributed by atoms with van der Waals surface area (Å²) >= 11 is 0. The molecule has 1 unspecified atom stereocenters. The Kier molecular flexibility index (Phi) is 0.487. The normalized spacial score (nSPS) is 43.3. The van der Waals surface area contributed by atoms with Crippen LogP contribution in [-0.2, 0) is 0 Å². The predicted molar refractivity (Wildman–Crippen MR) is 28.9 cm³/mol. The van der Waals surface area contributed by atoms with E-state index >= 15 is 0 Å². The Balaban J connectivity index is 2.09. The van der Waals surface area contributed by atoms with Gasteiger partial charge in [0.25, 0.3) is 0 Å². The molecule has 0 amide bonds. The molecule has 0 saturated heterocycles. The maximum atomic E-state index is 5.72. The van der Waals surface area contributed by atoms with E-state index in [4.69, 9.17) is 5.73 Å². The summed E-state index contributed by atoms with van der Waals surface area (Å²) in [6.45, 7) is 0. The average molecular weight is 97.2 g/mol. The van der Waals surface area contributed by atoms with Crippen molar-refractivity contribution < 1.29 is 0 Å². The summed E-state index contributed by atoms with van der Waals surface area (Å²) in [6.07, 6.45) is 5.57. The van der Waals surface area contributed by atoms with E-state index in [0.29, 0.717) is 11.5 Å². The summed E-state index contributed by atoms with van der Waals surface area (Å²) in [5.41, 5.74) is 6.43. The van der Waals surface area contributed by atoms with Gasteiger partial charge in [0.05, 0.1) is 0 Å². The lowest BCUT2D eigenvalue weighted by Gasteiger charge is -2.33. The molecule has 0 radical (unpaired) electrons. The van der Waals surface area contributed by atoms with Gasteiger partial charge in [0, 0.05) is 6.04 Å². The lowest BCUT2D eigenvalue weighted by Crippen LogP contribution is -2.40. The molecule has 1 nitrogen and oxygen atoms in total. The first-order valence-corrected chi connectivity index (χ1v) is 3.09. The summed E-state index contributed by atoms with van der Waals surface area (Å²) in [7, 11) is 0. The Bertz CT molecular complexity index is 94.4. The molecular weight excluding hydrogens is 86.1 g/mol. The highest BCUT2D eigenvalue weighted by Gasteiger charge is 2.53. The van der Waals surface area contributed by atoms with Gasteiger partial charge in [-0.1, -0.05) is 0 Å². The Hall–Kier alpha value is -0.0400. The molecule has 40 valence electrons. The fraction of sp³-hybridized carbons (Fsp3) is 1.00. The SMILES string of the molecule is NC1CCC12CC2. The molecule has 1 spiro atoms. The van der Waals surface area contributed by atoms with Crippen LogP contribution in [0.2, 0.25) is 0 Å². The smallest absolute Gasteiger partial charge is 0.00957 e. The van der Waals surface area contributed by atoms with Crippen molar-refractivity contribution in [1.82, 2.24) is 0 Å². The van der Waals surface area contributed by atoms with Crippen LogP contribution in [0.25, 0.3) is 0 Å². The minimum Gasteiger partial charge on any atom is -0.327 e. The molecule has 1 heteroatoms. The lowest BCUT2D eigenvalue weighted by molar-refractivity contribution is 0.230. The molecule has 7 heavy (non-hydrogen) atoms. The zero-order chi connectivity index (χ0) is 4.91. The van der Waals surface area contributed by atoms with Gasteiger partial charge in [0.2, 0.25) is 0 Å². The van der Waals surface area contributed by atoms with Gasteiger partial charge in [-0.3, -0.25) is 0 Å². The van der Waals surface area contributed by atoms with Gasteiger partial charge in [0.1, 0.15) is 0 Å². The van der Waals surface area contributed by atoms with Crippen molar-refractivity contribution in [2.75, 3.05) is 0 Å². The second-order valence-electron chi connectivity index (χ2n) is 3.01. The molecule has 0 aromatic carbocycles. The standard InChI is InChI=1S/C6H11N/c7-5-1-2-6(5)3-4-6/h5H,1-4,7H2. The Morgan fingerprint density at radius 1 is 1.29 bits per heavy atom. The number of hydrogen-bond donors (Lipinski definition) is 1. The van der Waals surface area contributed by atoms with Crippen LogP contribution in [0.3, 0.4) is 0 Å². The van der Waals surface area contributed by atoms with Crippen LogP contribution in [0.15, 0.2) is 0 Å². The summed E-state index contributed by atoms with van der Waals surface area (Å²) < 4.78 is 0. The molecule has 0 aromatic rings. The number of hydrogen-bond acceptors (Lipinski definition) is 1. The second-order valence-corrected chi connectivity index (χ2v) is 3.01. The van der Waals surface area contributed by atoms with Gasteiger partial charge in [0.15, 0.2) is 0 Å². The first kappa shape index (κ1) is 3.90. The largest absolute Gasteiger partial charge is 0.327 e. The van der Waals surface area contributed by atoms with Crippen molar-refractivity contribution in [3.8, 4) is 0 Å². The van der Waals surface area contributed by atoms with E-state index in [1.54, 1.807) is 0 Å². The van der Waals surface area contributed by atoms with Crippen LogP contribution in [-0.4, -0.2) is 6.04 Å². The molecule has 1 atom stereocenters. The lowest BCUT2D eigenvalue weighted by atomic mass is 9.77. The molecule has 2 aliphatic rings. The van der Waals surface area contributed by atoms with E-state index in [2.05, 4.69) is 0 Å². The van der Waals surface area contributed by atoms with Crippen LogP contribution in [0.4, 0.5) is 0 Å². The van der Waals surface area contributed by atoms with Gasteiger partial charge >= 0.3 is 0 Å². The van der Waals surface area contributed by atoms with Crippen LogP contribution in [0, 0.1) is 5.41 Å². The molecule has 0 heterocycles. The molecular formula is C6H11N. The van der Waals surface area contributed by atoms with Crippen molar-refractivity contribution in [3.63, 3.8) is 0 Å². The molecule has 0 bridgehead atoms. The molecule has 2 saturated carbocycles. The monoisotopic (exact) mass is 97.1 g/mol. The summed E-state index contributed by atoms with van der Waals surface area (Å²) in [5, 5.41) is 0. The summed E-state index contributed by atoms with van der Waals surface area (Å²) in [6, 6.07) is 0.590. The summed E-state index contributed by atoms with van der Waals surface area (Å²) in [4.78, 5) is 0. The Morgan fingerprint density at radius 3 is 2.00 bits per heavy atom. The molecule has 2 N–H and O–H groups in total. The molecule has 2 rings (SSSR count). The van der Waals surface area contributed by atoms with Crippen LogP contribution >= 0.6 is 0 Å². The minimum atomic E-state index is 0.590. The quantitative estimate of drug-likeness (QED) is 0.477. The Labute approximate surface area is 43.9 Å². The van der Waals surface area contributed by atoms with Gasteiger partial charge in [-0.05, 0) is 31.1 Å². The minimum absolute atomic E-state index is 0.590. The van der Waals surface area contributed by atoms with Gasteiger partial charge in [-0.15, -0.1) is 0 Å². The molecule has 2 fully saturated rings. The van der Waals surface area contributed by atoms with Gasteiger partial charge in [-0.2, -0.15) is 0 Å². The van der Waals surface area contributed by atoms with Gasteiger partial charge < -0.3 is 5.73 Å². The van der Waals surface area contributed by atoms with E-state index in [9.17, 15) is 0 Å². The van der Waals surface area contributed by atoms with Crippen LogP contribution in [0.1, 0.15) is 25.7 Å². The van der Waals surface area contributed by atoms with E-state index in [0.717, 1.165) is 0 Å². The summed E-state index contributed by atoms with van der Waals surface area (Å²) in [5.74, 6) is 0. The van der Waals surface area contributed by atoms with E-state index < -0.39 is 0 Å². The third-order valence-corrected chi connectivity index (χ3v) is 2.63. The molecule has 2 aliphatic carbocycles. The van der Waals surface area contributed by atoms with E-state index in [-0.39, 0.29) is 0 Å². The van der Waals surface area contributed by atoms with E-state index in [1.807, 2.05) is 0 Å². The van der Waals surface area contributed by atoms with Crippen LogP contribution < -0.4 is 5.73 Å². The molecule has 0 aliphatic heterocycles. The van der Waals surface area contributed by atoms with Crippen molar-refractivity contribution in [2.24, 2.45) is 11.1 Å². The topological polar surface area (TPSA) is 26.0 Å². The van der Waals surface area contributed by atoms with Crippen molar-refractivity contribution in [1.29, 1.82) is 0 Å². The maximum Gasteiger partial charge on any atom is 0.00957 e. The zero-order valence-electron chi connectivity index (χ0n) is 4.48. The highest BCUT2D eigenvalue weighted by molar-refractivity contribution is 5.08. The van der Waals surface area contributed by atoms with E-state index in [1.165, 1.54) is 25.7 Å². The number of nitrogens with two attached hydrogens (primary N) is 1. The predicted octanol–water partition coefficient (Wildman–Crippen LogP) is 0.888. The zero-order valence-corrected chi connectivity index (χ0v) is 4.48. The first-order chi connectivity index (χ1) is 3.33.